The normalized spacial score (nSPS) is 14.6. The molecule has 0 saturated carbocycles. The molecule has 0 fully saturated rings. The van der Waals surface area contributed by atoms with Gasteiger partial charge in [0.05, 0.1) is 5.69 Å². The molecule has 0 bridgehead atoms. The summed E-state index contributed by atoms with van der Waals surface area (Å²) in [5, 5.41) is 4.43. The number of hydrogen-bond acceptors (Lipinski definition) is 2. The minimum atomic E-state index is -0.293. The Hall–Kier alpha value is -1.84. The topological polar surface area (TPSA) is 43.8 Å². The molecule has 1 aliphatic carbocycles. The van der Waals surface area contributed by atoms with Crippen LogP contribution >= 0.6 is 0 Å². The van der Waals surface area contributed by atoms with E-state index in [0.717, 1.165) is 36.9 Å². The number of nitrogens with zero attached hydrogens (tertiary/aromatic N) is 2. The number of para-hydroxylation sites is 1. The number of benzene rings is 1. The summed E-state index contributed by atoms with van der Waals surface area (Å²) in [5.74, 6) is 0.295. The van der Waals surface area contributed by atoms with Crippen molar-refractivity contribution < 1.29 is 4.39 Å². The van der Waals surface area contributed by atoms with Gasteiger partial charge in [-0.1, -0.05) is 12.1 Å². The zero-order valence-electron chi connectivity index (χ0n) is 9.49. The maximum absolute atomic E-state index is 13.7. The number of nitrogens with two attached hydrogens (primary N) is 1. The summed E-state index contributed by atoms with van der Waals surface area (Å²) in [5.41, 5.74) is 8.61. The van der Waals surface area contributed by atoms with Gasteiger partial charge in [-0.15, -0.1) is 0 Å². The van der Waals surface area contributed by atoms with Gasteiger partial charge in [-0.05, 0) is 37.8 Å². The lowest BCUT2D eigenvalue weighted by Crippen LogP contribution is -2.05. The third kappa shape index (κ3) is 1.60. The van der Waals surface area contributed by atoms with E-state index in [9.17, 15) is 4.39 Å². The van der Waals surface area contributed by atoms with Crippen molar-refractivity contribution in [3.8, 4) is 5.69 Å². The molecule has 2 N–H and O–H groups in total. The maximum atomic E-state index is 13.7. The van der Waals surface area contributed by atoms with E-state index in [-0.39, 0.29) is 5.82 Å². The highest BCUT2D eigenvalue weighted by Crippen LogP contribution is 2.28. The van der Waals surface area contributed by atoms with E-state index in [1.54, 1.807) is 18.2 Å². The molecular formula is C13H14FN3. The van der Waals surface area contributed by atoms with Crippen molar-refractivity contribution in [1.29, 1.82) is 0 Å². The van der Waals surface area contributed by atoms with Crippen LogP contribution < -0.4 is 5.73 Å². The first kappa shape index (κ1) is 10.3. The van der Waals surface area contributed by atoms with Crippen molar-refractivity contribution in [3.05, 3.63) is 41.3 Å². The van der Waals surface area contributed by atoms with Crippen molar-refractivity contribution in [2.45, 2.75) is 25.7 Å². The van der Waals surface area contributed by atoms with E-state index in [2.05, 4.69) is 5.10 Å². The number of nitrogen functional groups attached to an aromatic ring is 1. The largest absolute Gasteiger partial charge is 0.383 e. The SMILES string of the molecule is Nc1c2c(nn1-c1ccccc1F)CCCC2. The Bertz CT molecular complexity index is 560. The summed E-state index contributed by atoms with van der Waals surface area (Å²) in [4.78, 5) is 0. The van der Waals surface area contributed by atoms with Gasteiger partial charge >= 0.3 is 0 Å². The molecule has 88 valence electrons. The maximum Gasteiger partial charge on any atom is 0.148 e. The zero-order chi connectivity index (χ0) is 11.8. The molecular weight excluding hydrogens is 217 g/mol. The molecule has 0 saturated heterocycles. The summed E-state index contributed by atoms with van der Waals surface area (Å²) in [7, 11) is 0. The molecule has 0 aliphatic heterocycles. The summed E-state index contributed by atoms with van der Waals surface area (Å²) >= 11 is 0. The second kappa shape index (κ2) is 3.87. The van der Waals surface area contributed by atoms with Gasteiger partial charge in [-0.3, -0.25) is 0 Å². The smallest absolute Gasteiger partial charge is 0.148 e. The molecule has 4 heteroatoms. The number of halogens is 1. The summed E-state index contributed by atoms with van der Waals surface area (Å²) in [6.07, 6.45) is 4.18. The Labute approximate surface area is 99.1 Å². The van der Waals surface area contributed by atoms with Crippen molar-refractivity contribution in [2.24, 2.45) is 0 Å². The lowest BCUT2D eigenvalue weighted by Gasteiger charge is -2.08. The van der Waals surface area contributed by atoms with Gasteiger partial charge in [0.2, 0.25) is 0 Å². The van der Waals surface area contributed by atoms with Gasteiger partial charge in [0.25, 0.3) is 0 Å². The quantitative estimate of drug-likeness (QED) is 0.819. The second-order valence-corrected chi connectivity index (χ2v) is 4.38. The number of hydrogen-bond donors (Lipinski definition) is 1. The van der Waals surface area contributed by atoms with E-state index >= 15 is 0 Å². The fraction of sp³-hybridized carbons (Fsp3) is 0.308. The fourth-order valence-corrected chi connectivity index (χ4v) is 2.39. The van der Waals surface area contributed by atoms with Gasteiger partial charge in [0.15, 0.2) is 0 Å². The second-order valence-electron chi connectivity index (χ2n) is 4.38. The first-order valence-electron chi connectivity index (χ1n) is 5.88. The van der Waals surface area contributed by atoms with E-state index in [1.165, 1.54) is 10.7 Å². The third-order valence-electron chi connectivity index (χ3n) is 3.28. The summed E-state index contributed by atoms with van der Waals surface area (Å²) < 4.78 is 15.2. The highest BCUT2D eigenvalue weighted by atomic mass is 19.1. The van der Waals surface area contributed by atoms with Crippen LogP contribution in [-0.2, 0) is 12.8 Å². The average molecular weight is 231 g/mol. The first-order valence-corrected chi connectivity index (χ1v) is 5.88. The Kier molecular flexibility index (Phi) is 2.35. The Balaban J connectivity index is 2.16. The number of anilines is 1. The van der Waals surface area contributed by atoms with Gasteiger partial charge < -0.3 is 5.73 Å². The molecule has 1 heterocycles. The minimum Gasteiger partial charge on any atom is -0.383 e. The highest BCUT2D eigenvalue weighted by molar-refractivity contribution is 5.51. The van der Waals surface area contributed by atoms with E-state index in [4.69, 9.17) is 5.73 Å². The van der Waals surface area contributed by atoms with Crippen LogP contribution in [0.25, 0.3) is 5.69 Å². The predicted molar refractivity (Wildman–Crippen MR) is 64.6 cm³/mol. The number of aromatic nitrogens is 2. The summed E-state index contributed by atoms with van der Waals surface area (Å²) in [6, 6.07) is 6.58. The molecule has 3 rings (SSSR count). The molecule has 2 aromatic rings. The van der Waals surface area contributed by atoms with E-state index in [0.29, 0.717) is 11.5 Å². The molecule has 1 aromatic heterocycles. The molecule has 0 amide bonds. The molecule has 17 heavy (non-hydrogen) atoms. The highest BCUT2D eigenvalue weighted by Gasteiger charge is 2.20. The molecule has 0 atom stereocenters. The number of fused-ring (bicyclic) bond motifs is 1. The van der Waals surface area contributed by atoms with Crippen LogP contribution in [0.1, 0.15) is 24.1 Å². The van der Waals surface area contributed by atoms with Crippen molar-refractivity contribution in [3.63, 3.8) is 0 Å². The van der Waals surface area contributed by atoms with Crippen molar-refractivity contribution in [1.82, 2.24) is 9.78 Å². The molecule has 0 spiro atoms. The van der Waals surface area contributed by atoms with Crippen LogP contribution in [0.5, 0.6) is 0 Å². The van der Waals surface area contributed by atoms with Gasteiger partial charge in [0.1, 0.15) is 17.3 Å². The van der Waals surface area contributed by atoms with Gasteiger partial charge in [0, 0.05) is 5.56 Å². The molecule has 0 radical (unpaired) electrons. The predicted octanol–water partition coefficient (Wildman–Crippen LogP) is 2.47. The Morgan fingerprint density at radius 3 is 2.71 bits per heavy atom. The monoisotopic (exact) mass is 231 g/mol. The lowest BCUT2D eigenvalue weighted by molar-refractivity contribution is 0.609. The van der Waals surface area contributed by atoms with Crippen LogP contribution in [0.3, 0.4) is 0 Å². The number of aryl methyl sites for hydroxylation is 1. The fourth-order valence-electron chi connectivity index (χ4n) is 2.39. The molecule has 1 aromatic carbocycles. The van der Waals surface area contributed by atoms with Crippen LogP contribution in [0.15, 0.2) is 24.3 Å². The Morgan fingerprint density at radius 2 is 1.94 bits per heavy atom. The van der Waals surface area contributed by atoms with Gasteiger partial charge in [-0.2, -0.15) is 5.10 Å². The number of rotatable bonds is 1. The first-order chi connectivity index (χ1) is 8.27. The van der Waals surface area contributed by atoms with Crippen LogP contribution in [0.4, 0.5) is 10.2 Å². The minimum absolute atomic E-state index is 0.293. The van der Waals surface area contributed by atoms with E-state index in [1.807, 2.05) is 0 Å². The summed E-state index contributed by atoms with van der Waals surface area (Å²) in [6.45, 7) is 0. The van der Waals surface area contributed by atoms with Crippen LogP contribution in [0, 0.1) is 5.82 Å². The molecule has 3 nitrogen and oxygen atoms in total. The van der Waals surface area contributed by atoms with Crippen LogP contribution in [-0.4, -0.2) is 9.78 Å². The molecule has 0 unspecified atom stereocenters. The zero-order valence-corrected chi connectivity index (χ0v) is 9.49. The average Bonchev–Trinajstić information content (AvgIpc) is 2.68. The van der Waals surface area contributed by atoms with Crippen LogP contribution in [0.2, 0.25) is 0 Å². The third-order valence-corrected chi connectivity index (χ3v) is 3.28. The lowest BCUT2D eigenvalue weighted by atomic mass is 9.98. The van der Waals surface area contributed by atoms with Gasteiger partial charge in [-0.25, -0.2) is 9.07 Å². The van der Waals surface area contributed by atoms with E-state index < -0.39 is 0 Å². The standard InChI is InChI=1S/C13H14FN3/c14-10-6-2-4-8-12(10)17-13(15)9-5-1-3-7-11(9)16-17/h2,4,6,8H,1,3,5,7,15H2. The molecule has 1 aliphatic rings. The van der Waals surface area contributed by atoms with Crippen molar-refractivity contribution >= 4 is 5.82 Å². The van der Waals surface area contributed by atoms with Crippen molar-refractivity contribution in [2.75, 3.05) is 5.73 Å². The Morgan fingerprint density at radius 1 is 1.18 bits per heavy atom.